The van der Waals surface area contributed by atoms with E-state index in [-0.39, 0.29) is 5.91 Å². The highest BCUT2D eigenvalue weighted by atomic mass is 35.5. The summed E-state index contributed by atoms with van der Waals surface area (Å²) < 4.78 is 5.37. The second-order valence-electron chi connectivity index (χ2n) is 6.96. The van der Waals surface area contributed by atoms with Crippen LogP contribution in [0.3, 0.4) is 0 Å². The van der Waals surface area contributed by atoms with Crippen LogP contribution in [-0.2, 0) is 4.74 Å². The fourth-order valence-corrected chi connectivity index (χ4v) is 3.73. The Morgan fingerprint density at radius 3 is 2.68 bits per heavy atom. The molecule has 1 aliphatic heterocycles. The maximum atomic E-state index is 13.1. The minimum Gasteiger partial charge on any atom is -0.378 e. The van der Waals surface area contributed by atoms with E-state index in [1.54, 1.807) is 6.20 Å². The van der Waals surface area contributed by atoms with Gasteiger partial charge in [0.05, 0.1) is 18.8 Å². The van der Waals surface area contributed by atoms with Gasteiger partial charge in [-0.25, -0.2) is 4.98 Å². The van der Waals surface area contributed by atoms with Crippen LogP contribution in [0.1, 0.15) is 21.5 Å². The summed E-state index contributed by atoms with van der Waals surface area (Å²) in [5, 5.41) is 5.93. The molecule has 0 bridgehead atoms. The molecular formula is C22H22ClN3O2. The van der Waals surface area contributed by atoms with Crippen molar-refractivity contribution in [2.24, 2.45) is 0 Å². The monoisotopic (exact) mass is 395 g/mol. The Morgan fingerprint density at radius 1 is 1.14 bits per heavy atom. The molecule has 1 amide bonds. The number of halogens is 1. The lowest BCUT2D eigenvalue weighted by atomic mass is 10.0. The zero-order valence-electron chi connectivity index (χ0n) is 16.0. The lowest BCUT2D eigenvalue weighted by Crippen LogP contribution is -2.40. The third kappa shape index (κ3) is 3.43. The first-order valence-corrected chi connectivity index (χ1v) is 9.71. The van der Waals surface area contributed by atoms with Crippen LogP contribution >= 0.6 is 11.6 Å². The average molecular weight is 396 g/mol. The predicted octanol–water partition coefficient (Wildman–Crippen LogP) is 4.72. The molecule has 4 rings (SSSR count). The Labute approximate surface area is 169 Å². The maximum absolute atomic E-state index is 13.1. The summed E-state index contributed by atoms with van der Waals surface area (Å²) in [6.07, 6.45) is 1.68. The number of morpholine rings is 1. The molecule has 1 aromatic heterocycles. The van der Waals surface area contributed by atoms with Crippen LogP contribution in [0.25, 0.3) is 10.8 Å². The van der Waals surface area contributed by atoms with Crippen LogP contribution in [0.5, 0.6) is 0 Å². The summed E-state index contributed by atoms with van der Waals surface area (Å²) in [6.45, 7) is 6.34. The Bertz CT molecular complexity index is 1050. The second kappa shape index (κ2) is 7.78. The number of amides is 1. The van der Waals surface area contributed by atoms with Gasteiger partial charge in [-0.05, 0) is 37.1 Å². The third-order valence-electron chi connectivity index (χ3n) is 5.17. The van der Waals surface area contributed by atoms with Crippen LogP contribution in [-0.4, -0.2) is 42.1 Å². The van der Waals surface area contributed by atoms with Crippen molar-refractivity contribution >= 4 is 39.8 Å². The lowest BCUT2D eigenvalue weighted by Gasteiger charge is -2.27. The molecular weight excluding hydrogens is 374 g/mol. The van der Waals surface area contributed by atoms with E-state index in [2.05, 4.69) is 10.3 Å². The minimum absolute atomic E-state index is 0.000543. The second-order valence-corrected chi connectivity index (χ2v) is 7.37. The van der Waals surface area contributed by atoms with E-state index < -0.39 is 0 Å². The molecule has 0 unspecified atom stereocenters. The van der Waals surface area contributed by atoms with E-state index in [4.69, 9.17) is 16.3 Å². The summed E-state index contributed by atoms with van der Waals surface area (Å²) >= 11 is 6.26. The van der Waals surface area contributed by atoms with Crippen LogP contribution in [0, 0.1) is 13.8 Å². The van der Waals surface area contributed by atoms with Gasteiger partial charge in [0.1, 0.15) is 5.82 Å². The van der Waals surface area contributed by atoms with E-state index in [0.717, 1.165) is 27.6 Å². The molecule has 1 saturated heterocycles. The standard InChI is InChI=1S/C22H22ClN3O2/c1-14-5-3-6-16-20(14)17(22(27)26-9-11-28-12-10-26)13-24-21(16)25-19-8-4-7-18(23)15(19)2/h3-8,13H,9-12H2,1-2H3,(H,24,25). The number of fused-ring (bicyclic) bond motifs is 1. The first-order valence-electron chi connectivity index (χ1n) is 9.34. The highest BCUT2D eigenvalue weighted by molar-refractivity contribution is 6.31. The minimum atomic E-state index is 0.000543. The number of aryl methyl sites for hydroxylation is 1. The summed E-state index contributed by atoms with van der Waals surface area (Å²) in [7, 11) is 0. The number of carbonyl (C=O) groups excluding carboxylic acids is 1. The van der Waals surface area contributed by atoms with Gasteiger partial charge in [0.15, 0.2) is 0 Å². The molecule has 2 aromatic carbocycles. The Kier molecular flexibility index (Phi) is 5.20. The molecule has 28 heavy (non-hydrogen) atoms. The van der Waals surface area contributed by atoms with Crippen molar-refractivity contribution in [2.45, 2.75) is 13.8 Å². The van der Waals surface area contributed by atoms with Crippen molar-refractivity contribution < 1.29 is 9.53 Å². The van der Waals surface area contributed by atoms with Crippen molar-refractivity contribution in [3.8, 4) is 0 Å². The van der Waals surface area contributed by atoms with E-state index in [0.29, 0.717) is 42.7 Å². The van der Waals surface area contributed by atoms with E-state index in [1.165, 1.54) is 0 Å². The lowest BCUT2D eigenvalue weighted by molar-refractivity contribution is 0.0304. The van der Waals surface area contributed by atoms with E-state index >= 15 is 0 Å². The average Bonchev–Trinajstić information content (AvgIpc) is 2.72. The Balaban J connectivity index is 1.79. The molecule has 2 heterocycles. The van der Waals surface area contributed by atoms with Gasteiger partial charge in [-0.15, -0.1) is 0 Å². The van der Waals surface area contributed by atoms with Gasteiger partial charge in [-0.1, -0.05) is 35.9 Å². The molecule has 144 valence electrons. The number of benzene rings is 2. The number of hydrogen-bond donors (Lipinski definition) is 1. The number of carbonyl (C=O) groups is 1. The van der Waals surface area contributed by atoms with Crippen molar-refractivity contribution in [1.29, 1.82) is 0 Å². The van der Waals surface area contributed by atoms with Crippen molar-refractivity contribution in [1.82, 2.24) is 9.88 Å². The zero-order chi connectivity index (χ0) is 19.7. The molecule has 6 heteroatoms. The van der Waals surface area contributed by atoms with Gasteiger partial charge in [0.25, 0.3) is 5.91 Å². The molecule has 1 N–H and O–H groups in total. The highest BCUT2D eigenvalue weighted by Gasteiger charge is 2.22. The summed E-state index contributed by atoms with van der Waals surface area (Å²) in [5.74, 6) is 0.711. The molecule has 5 nitrogen and oxygen atoms in total. The number of anilines is 2. The summed E-state index contributed by atoms with van der Waals surface area (Å²) in [6, 6.07) is 11.7. The molecule has 1 aliphatic rings. The van der Waals surface area contributed by atoms with Crippen LogP contribution in [0.4, 0.5) is 11.5 Å². The molecule has 0 atom stereocenters. The van der Waals surface area contributed by atoms with Gasteiger partial charge < -0.3 is 15.0 Å². The first-order chi connectivity index (χ1) is 13.6. The highest BCUT2D eigenvalue weighted by Crippen LogP contribution is 2.32. The molecule has 0 aliphatic carbocycles. The number of ether oxygens (including phenoxy) is 1. The van der Waals surface area contributed by atoms with Gasteiger partial charge >= 0.3 is 0 Å². The number of nitrogens with zero attached hydrogens (tertiary/aromatic N) is 2. The van der Waals surface area contributed by atoms with E-state index in [1.807, 2.05) is 55.1 Å². The molecule has 3 aromatic rings. The fraction of sp³-hybridized carbons (Fsp3) is 0.273. The molecule has 0 radical (unpaired) electrons. The SMILES string of the molecule is Cc1c(Cl)cccc1Nc1ncc(C(=O)N2CCOCC2)c2c(C)cccc12. The maximum Gasteiger partial charge on any atom is 0.256 e. The Morgan fingerprint density at radius 2 is 1.89 bits per heavy atom. The first kappa shape index (κ1) is 18.7. The van der Waals surface area contributed by atoms with Crippen molar-refractivity contribution in [3.63, 3.8) is 0 Å². The Hall–Kier alpha value is -2.63. The number of pyridine rings is 1. The summed E-state index contributed by atoms with van der Waals surface area (Å²) in [4.78, 5) is 19.6. The number of nitrogens with one attached hydrogen (secondary N) is 1. The summed E-state index contributed by atoms with van der Waals surface area (Å²) in [5.41, 5.74) is 3.53. The quantitative estimate of drug-likeness (QED) is 0.697. The van der Waals surface area contributed by atoms with E-state index in [9.17, 15) is 4.79 Å². The number of aromatic nitrogens is 1. The van der Waals surface area contributed by atoms with Crippen LogP contribution in [0.2, 0.25) is 5.02 Å². The topological polar surface area (TPSA) is 54.5 Å². The molecule has 0 spiro atoms. The predicted molar refractivity (Wildman–Crippen MR) is 113 cm³/mol. The van der Waals surface area contributed by atoms with Gasteiger partial charge in [0, 0.05) is 40.8 Å². The normalized spacial score (nSPS) is 14.3. The smallest absolute Gasteiger partial charge is 0.256 e. The van der Waals surface area contributed by atoms with Gasteiger partial charge in [-0.2, -0.15) is 0 Å². The van der Waals surface area contributed by atoms with Gasteiger partial charge in [0.2, 0.25) is 0 Å². The largest absolute Gasteiger partial charge is 0.378 e. The van der Waals surface area contributed by atoms with Gasteiger partial charge in [-0.3, -0.25) is 4.79 Å². The fourth-order valence-electron chi connectivity index (χ4n) is 3.55. The third-order valence-corrected chi connectivity index (χ3v) is 5.58. The van der Waals surface area contributed by atoms with Crippen LogP contribution < -0.4 is 5.32 Å². The number of rotatable bonds is 3. The number of hydrogen-bond acceptors (Lipinski definition) is 4. The molecule has 1 fully saturated rings. The zero-order valence-corrected chi connectivity index (χ0v) is 16.7. The molecule has 0 saturated carbocycles. The van der Waals surface area contributed by atoms with Crippen molar-refractivity contribution in [3.05, 3.63) is 64.3 Å². The van der Waals surface area contributed by atoms with Crippen LogP contribution in [0.15, 0.2) is 42.6 Å². The van der Waals surface area contributed by atoms with Crippen molar-refractivity contribution in [2.75, 3.05) is 31.6 Å².